The fraction of sp³-hybridized carbons (Fsp3) is 0.447. The Morgan fingerprint density at radius 3 is 0.936 bits per heavy atom. The normalized spacial score (nSPS) is 21.1. The number of carbonyl (C=O) groups is 9. The molecule has 0 radical (unpaired) electrons. The lowest BCUT2D eigenvalue weighted by molar-refractivity contribution is -0.129. The number of benzene rings is 9. The first-order chi connectivity index (χ1) is 77.2. The molecule has 141 heavy (non-hydrogen) atoms. The first-order valence-corrected chi connectivity index (χ1v) is 45.8. The van der Waals surface area contributed by atoms with E-state index in [-0.39, 0.29) is 95.6 Å². The maximum Gasteiger partial charge on any atom is 0.318 e. The predicted molar refractivity (Wildman–Crippen MR) is 559 cm³/mol. The molecule has 9 aromatic carbocycles. The molecule has 12 rings (SSSR count). The lowest BCUT2D eigenvalue weighted by atomic mass is 9.92. The van der Waals surface area contributed by atoms with Crippen molar-refractivity contribution in [2.75, 3.05) is 58.9 Å². The van der Waals surface area contributed by atoms with Crippen LogP contribution < -0.4 is 62.1 Å². The molecule has 0 aliphatic carbocycles. The largest absolute Gasteiger partial charge is 0.483 e. The molecule has 3 aliphatic heterocycles. The number of carbonyl (C=O) groups excluding carboxylic acids is 9. The highest BCUT2D eigenvalue weighted by atomic mass is 16.5. The van der Waals surface area contributed by atoms with Crippen LogP contribution in [0, 0.1) is 59.0 Å². The maximum atomic E-state index is 14.2. The zero-order valence-electron chi connectivity index (χ0n) is 106. The minimum atomic E-state index is -3.33. The van der Waals surface area contributed by atoms with E-state index >= 15 is 0 Å². The molecule has 3 aliphatic rings. The van der Waals surface area contributed by atoms with Gasteiger partial charge in [0.25, 0.3) is 17.7 Å². The van der Waals surface area contributed by atoms with Gasteiger partial charge in [0.2, 0.25) is 17.7 Å². The van der Waals surface area contributed by atoms with Crippen molar-refractivity contribution >= 4 is 53.5 Å². The third-order valence-electron chi connectivity index (χ3n) is 22.8. The van der Waals surface area contributed by atoms with Crippen molar-refractivity contribution in [1.82, 2.24) is 62.6 Å². The fourth-order valence-corrected chi connectivity index (χ4v) is 16.1. The molecule has 3 saturated heterocycles. The van der Waals surface area contributed by atoms with Gasteiger partial charge in [-0.1, -0.05) is 300 Å². The van der Waals surface area contributed by atoms with E-state index in [2.05, 4.69) is 37.2 Å². The molecule has 3 fully saturated rings. The van der Waals surface area contributed by atoms with Gasteiger partial charge in [0, 0.05) is 95.6 Å². The van der Waals surface area contributed by atoms with Gasteiger partial charge in [-0.3, -0.25) is 28.8 Å². The smallest absolute Gasteiger partial charge is 0.318 e. The molecule has 12 atom stereocenters. The van der Waals surface area contributed by atoms with Crippen molar-refractivity contribution in [3.63, 3.8) is 0 Å². The summed E-state index contributed by atoms with van der Waals surface area (Å²) >= 11 is 0. The second-order valence-corrected chi connectivity index (χ2v) is 34.7. The van der Waals surface area contributed by atoms with Gasteiger partial charge in [-0.25, -0.2) is 14.4 Å². The molecule has 27 heteroatoms. The number of ether oxygens (including phenoxy) is 3. The van der Waals surface area contributed by atoms with Crippen LogP contribution in [0.25, 0.3) is 0 Å². The highest BCUT2D eigenvalue weighted by Gasteiger charge is 2.40. The summed E-state index contributed by atoms with van der Waals surface area (Å²) < 4.78 is 248. The van der Waals surface area contributed by atoms with Crippen molar-refractivity contribution in [3.8, 4) is 17.2 Å². The monoisotopic (exact) mass is 1960 g/mol. The van der Waals surface area contributed by atoms with E-state index in [4.69, 9.17) is 47.1 Å². The van der Waals surface area contributed by atoms with Crippen LogP contribution in [0.5, 0.6) is 17.2 Å². The summed E-state index contributed by atoms with van der Waals surface area (Å²) in [6.45, 7) is -11.8. The Bertz CT molecular complexity index is 6560. The Kier molecular flexibility index (Phi) is 32.8. The molecule has 12 amide bonds. The van der Waals surface area contributed by atoms with E-state index in [1.807, 2.05) is 48.7 Å². The number of nitrogens with one attached hydrogen (secondary N) is 9. The van der Waals surface area contributed by atoms with Crippen molar-refractivity contribution in [2.24, 2.45) is 17.8 Å². The summed E-state index contributed by atoms with van der Waals surface area (Å²) in [4.78, 5) is 124. The molecule has 0 bridgehead atoms. The Labute approximate surface area is 876 Å². The number of urea groups is 3. The molecule has 3 heterocycles. The van der Waals surface area contributed by atoms with Crippen LogP contribution in [-0.2, 0) is 67.2 Å². The Hall–Kier alpha value is -13.1. The van der Waals surface area contributed by atoms with Gasteiger partial charge in [-0.15, -0.1) is 0 Å². The van der Waals surface area contributed by atoms with E-state index in [0.29, 0.717) is 51.8 Å². The summed E-state index contributed by atoms with van der Waals surface area (Å²) in [6, 6.07) is 49.9. The summed E-state index contributed by atoms with van der Waals surface area (Å²) in [5.41, 5.74) is 3.32. The fourth-order valence-electron chi connectivity index (χ4n) is 16.1. The van der Waals surface area contributed by atoms with Gasteiger partial charge in [-0.05, 0) is 203 Å². The third-order valence-corrected chi connectivity index (χ3v) is 22.8. The minimum absolute atomic E-state index is 0. The number of aliphatic hydroxyl groups is 3. The van der Waals surface area contributed by atoms with Crippen LogP contribution >= 0.6 is 0 Å². The molecular formula is C114H156N12O15. The van der Waals surface area contributed by atoms with Crippen LogP contribution in [0.4, 0.5) is 14.4 Å². The summed E-state index contributed by atoms with van der Waals surface area (Å²) in [7, 11) is 0. The first kappa shape index (κ1) is 78.6. The van der Waals surface area contributed by atoms with Crippen molar-refractivity contribution in [2.45, 2.75) is 255 Å². The maximum absolute atomic E-state index is 14.2. The standard InChI is InChI=1S/3C37H48N4O5.3CH4/c3*1-25(2)34(41-20-12-19-38-37(41)45)36(44)39-30(21-28-15-7-5-8-16-28)23-32(42)31(22-29-17-9-6-10-18-29)40-33(43)24-46-35-26(3)13-11-14-27(35)4;;;/h3*5-11,13-18,25,30-32,34,42H,12,19-24H2,1-4H3,(H,38,45)(H,39,44)(H,40,43);3*1H4/t3*30-,31-,32-,34-;;;/m000.../s1/i3D3,4D3,12D2,19D2,20D2;12D2,19D2,20D2,21D2;3D3,4D3,21D2;;;. The van der Waals surface area contributed by atoms with Gasteiger partial charge in [-0.2, -0.15) is 0 Å². The Balaban J connectivity index is 0.000000337. The SMILES string of the molecule is C.C.C.[2H]C([2H])([2H])c1cccc(C([2H])([2H])[2H])c1OCC(=O)N[C@@H](Cc1ccccc1)[C@@H](O)C[C@@H](NC(=O)[C@H](C(C)C)N1CCCNC1=O)C([2H])([2H])c1ccccc1.[2H]C([2H])([2H])c1cccc(C([2H])([2H])[2H])c1OCC(=O)N[C@@H](Cc1ccccc1)[C@@H](O)C[C@H](Cc1ccccc1)NC(=O)[C@H](C(C)C)N1C(=O)NC([2H])([2H])C([2H])([2H])C1([2H])[2H].[2H]C([2H])(c1ccccc1)[C@@H](C[C@H](O)[C@H](Cc1ccccc1)NC(=O)COc1c(C)cccc1C)NC(=O)[C@H](C(C)C)N1C(=O)NC([2H])([2H])C([2H])([2H])C1([2H])[2H]. The minimum Gasteiger partial charge on any atom is -0.483 e. The van der Waals surface area contributed by atoms with Gasteiger partial charge in [0.05, 0.1) is 36.4 Å². The van der Waals surface area contributed by atoms with Crippen molar-refractivity contribution < 1.29 is 111 Å². The van der Waals surface area contributed by atoms with Crippen molar-refractivity contribution in [3.05, 3.63) is 303 Å². The second kappa shape index (κ2) is 58.8. The summed E-state index contributed by atoms with van der Waals surface area (Å²) in [5, 5.41) is 58.3. The summed E-state index contributed by atoms with van der Waals surface area (Å²) in [5.74, 6) is -7.20. The van der Waals surface area contributed by atoms with Crippen LogP contribution in [0.1, 0.15) is 207 Å². The predicted octanol–water partition coefficient (Wildman–Crippen LogP) is 14.9. The Morgan fingerprint density at radius 2 is 0.631 bits per heavy atom. The van der Waals surface area contributed by atoms with E-state index in [9.17, 15) is 64.0 Å². The molecular weight excluding hydrogens is 1780 g/mol. The first-order valence-electron chi connectivity index (χ1n) is 59.8. The molecule has 762 valence electrons. The van der Waals surface area contributed by atoms with E-state index in [0.717, 1.165) is 16.7 Å². The number of amides is 12. The molecule has 9 aromatic rings. The average Bonchev–Trinajstić information content (AvgIpc) is 0.715. The molecule has 12 N–H and O–H groups in total. The third kappa shape index (κ3) is 36.5. The van der Waals surface area contributed by atoms with E-state index in [1.165, 1.54) is 81.1 Å². The van der Waals surface area contributed by atoms with Gasteiger partial charge < -0.3 is 92.1 Å². The van der Waals surface area contributed by atoms with Gasteiger partial charge >= 0.3 is 18.1 Å². The topological polar surface area (TPSA) is 360 Å². The highest BCUT2D eigenvalue weighted by Crippen LogP contribution is 2.29. The van der Waals surface area contributed by atoms with E-state index in [1.54, 1.807) is 178 Å². The van der Waals surface area contributed by atoms with Gasteiger partial charge in [0.15, 0.2) is 19.8 Å². The zero-order chi connectivity index (χ0) is 124. The zero-order valence-corrected chi connectivity index (χ0v) is 78.5. The number of hydrogen-bond donors (Lipinski definition) is 12. The van der Waals surface area contributed by atoms with Crippen LogP contribution in [0.15, 0.2) is 237 Å². The molecule has 0 unspecified atom stereocenters. The number of hydrogen-bond acceptors (Lipinski definition) is 15. The second-order valence-electron chi connectivity index (χ2n) is 34.7. The lowest BCUT2D eigenvalue weighted by Gasteiger charge is -2.37. The Morgan fingerprint density at radius 1 is 0.362 bits per heavy atom. The quantitative estimate of drug-likeness (QED) is 0.0169. The number of nitrogens with zero attached hydrogens (tertiary/aromatic N) is 3. The number of rotatable bonds is 45. The highest BCUT2D eigenvalue weighted by molar-refractivity contribution is 5.90. The van der Waals surface area contributed by atoms with Crippen LogP contribution in [-0.4, -0.2) is 215 Å². The van der Waals surface area contributed by atoms with E-state index < -0.39 is 259 Å². The van der Waals surface area contributed by atoms with Crippen LogP contribution in [0.2, 0.25) is 0 Å². The molecule has 0 spiro atoms. The number of para-hydroxylation sites is 3. The number of aliphatic hydroxyl groups excluding tert-OH is 3. The van der Waals surface area contributed by atoms with Crippen LogP contribution in [0.3, 0.4) is 0 Å². The van der Waals surface area contributed by atoms with Crippen molar-refractivity contribution in [1.29, 1.82) is 0 Å². The summed E-state index contributed by atoms with van der Waals surface area (Å²) in [6.07, 6.45) is -15.7. The van der Waals surface area contributed by atoms with Gasteiger partial charge in [0.1, 0.15) is 35.4 Å². The molecule has 0 saturated carbocycles. The molecule has 0 aromatic heterocycles. The lowest BCUT2D eigenvalue weighted by Crippen LogP contribution is -2.59. The molecule has 27 nitrogen and oxygen atoms in total. The average molecular weight is 1960 g/mol. The number of aryl methyl sites for hydroxylation is 6.